The molecule has 0 spiro atoms. The maximum Gasteiger partial charge on any atom is 0.306 e. The van der Waals surface area contributed by atoms with Crippen molar-refractivity contribution in [3.05, 3.63) is 0 Å². The number of carbonyl (C=O) groups excluding carboxylic acids is 3. The normalized spacial score (nSPS) is 11.8. The second-order valence-electron chi connectivity index (χ2n) is 11.7. The molecular weight excluding hydrogens is 598 g/mol. The average molecular weight is 660 g/mol. The fraction of sp³-hybridized carbons (Fsp3) is 0.853. The Balaban J connectivity index is 3.63. The maximum absolute atomic E-state index is 12.3. The fourth-order valence-electron chi connectivity index (χ4n) is 4.69. The van der Waals surface area contributed by atoms with Crippen molar-refractivity contribution in [3.8, 4) is 0 Å². The Morgan fingerprint density at radius 2 is 0.978 bits per heavy atom. The number of hydrogen-bond acceptors (Lipinski definition) is 9. The molecule has 0 aliphatic rings. The predicted molar refractivity (Wildman–Crippen MR) is 174 cm³/mol. The summed E-state index contributed by atoms with van der Waals surface area (Å²) in [5.74, 6) is -2.85. The van der Waals surface area contributed by atoms with Crippen LogP contribution in [0.4, 0.5) is 0 Å². The Labute approximate surface area is 275 Å². The van der Waals surface area contributed by atoms with E-state index in [2.05, 4.69) is 5.32 Å². The third-order valence-corrected chi connectivity index (χ3v) is 7.42. The van der Waals surface area contributed by atoms with E-state index in [4.69, 9.17) is 24.1 Å². The van der Waals surface area contributed by atoms with Gasteiger partial charge in [-0.25, -0.2) is 0 Å². The molecule has 0 saturated heterocycles. The van der Waals surface area contributed by atoms with Crippen LogP contribution in [0.5, 0.6) is 0 Å². The first-order chi connectivity index (χ1) is 22.2. The highest BCUT2D eigenvalue weighted by Gasteiger charge is 2.22. The van der Waals surface area contributed by atoms with Crippen molar-refractivity contribution in [2.24, 2.45) is 5.92 Å². The summed E-state index contributed by atoms with van der Waals surface area (Å²) in [5, 5.41) is 20.8. The van der Waals surface area contributed by atoms with Gasteiger partial charge in [0.25, 0.3) is 0 Å². The van der Waals surface area contributed by atoms with Crippen LogP contribution in [0.25, 0.3) is 0 Å². The number of carboxylic acid groups (broad SMARTS) is 2. The number of nitrogens with one attached hydrogen (secondary N) is 1. The lowest BCUT2D eigenvalue weighted by Gasteiger charge is -2.12. The Bertz CT molecular complexity index is 806. The Hall–Kier alpha value is -2.41. The zero-order valence-corrected chi connectivity index (χ0v) is 28.2. The third kappa shape index (κ3) is 33.0. The standard InChI is InChI=1S/C34H61NO11/c1-29(36)18-20-43-22-24-45-26-27-46-25-23-44-21-19-35-32(38)17-16-30(34(41)42)28-31(37)14-12-10-8-6-4-2-3-5-7-9-11-13-15-33(39)40/h30H,2-28H2,1H3,(H,35,38)(H,39,40)(H,41,42)/t30-/m1/s1. The second-order valence-corrected chi connectivity index (χ2v) is 11.7. The van der Waals surface area contributed by atoms with Crippen LogP contribution in [0.3, 0.4) is 0 Å². The zero-order valence-electron chi connectivity index (χ0n) is 28.2. The molecule has 0 bridgehead atoms. The van der Waals surface area contributed by atoms with E-state index in [0.717, 1.165) is 51.4 Å². The summed E-state index contributed by atoms with van der Waals surface area (Å²) in [5.41, 5.74) is 0. The van der Waals surface area contributed by atoms with E-state index >= 15 is 0 Å². The molecule has 1 amide bonds. The number of Topliss-reactive ketones (excluding diaryl/α,β-unsaturated/α-hetero) is 2. The Morgan fingerprint density at radius 3 is 1.43 bits per heavy atom. The molecule has 0 unspecified atom stereocenters. The van der Waals surface area contributed by atoms with Crippen LogP contribution in [-0.4, -0.2) is 99.0 Å². The number of hydrogen-bond donors (Lipinski definition) is 3. The highest BCUT2D eigenvalue weighted by Crippen LogP contribution is 2.16. The molecule has 1 atom stereocenters. The highest BCUT2D eigenvalue weighted by atomic mass is 16.6. The number of unbranched alkanes of at least 4 members (excludes halogenated alkanes) is 11. The SMILES string of the molecule is CC(=O)CCOCCOCCOCCOCCNC(=O)CC[C@H](CC(=O)CCCCCCCCCCCCCCC(=O)O)C(=O)O. The van der Waals surface area contributed by atoms with Crippen molar-refractivity contribution in [1.82, 2.24) is 5.32 Å². The first-order valence-electron chi connectivity index (χ1n) is 17.3. The summed E-state index contributed by atoms with van der Waals surface area (Å²) in [7, 11) is 0. The molecule has 0 aromatic carbocycles. The largest absolute Gasteiger partial charge is 0.481 e. The molecule has 12 nitrogen and oxygen atoms in total. The van der Waals surface area contributed by atoms with Crippen LogP contribution < -0.4 is 5.32 Å². The predicted octanol–water partition coefficient (Wildman–Crippen LogP) is 5.13. The minimum absolute atomic E-state index is 0.0397. The topological polar surface area (TPSA) is 175 Å². The first kappa shape index (κ1) is 43.6. The van der Waals surface area contributed by atoms with Crippen molar-refractivity contribution in [1.29, 1.82) is 0 Å². The minimum Gasteiger partial charge on any atom is -0.481 e. The van der Waals surface area contributed by atoms with Gasteiger partial charge in [0.15, 0.2) is 0 Å². The molecule has 3 N–H and O–H groups in total. The number of rotatable bonds is 36. The van der Waals surface area contributed by atoms with E-state index < -0.39 is 17.9 Å². The molecule has 12 heteroatoms. The van der Waals surface area contributed by atoms with Crippen molar-refractivity contribution < 1.29 is 53.1 Å². The van der Waals surface area contributed by atoms with Crippen molar-refractivity contribution in [3.63, 3.8) is 0 Å². The van der Waals surface area contributed by atoms with E-state index in [1.54, 1.807) is 0 Å². The number of carboxylic acids is 2. The summed E-state index contributed by atoms with van der Waals surface area (Å²) in [6, 6.07) is 0. The molecule has 0 rings (SSSR count). The van der Waals surface area contributed by atoms with E-state index in [1.165, 1.54) is 32.6 Å². The fourth-order valence-corrected chi connectivity index (χ4v) is 4.69. The second kappa shape index (κ2) is 32.5. The van der Waals surface area contributed by atoms with Crippen molar-refractivity contribution in [2.75, 3.05) is 59.4 Å². The van der Waals surface area contributed by atoms with Crippen LogP contribution in [0, 0.1) is 5.92 Å². The Kier molecular flexibility index (Phi) is 30.8. The van der Waals surface area contributed by atoms with Crippen LogP contribution in [0.2, 0.25) is 0 Å². The van der Waals surface area contributed by atoms with Gasteiger partial charge in [-0.3, -0.25) is 24.0 Å². The van der Waals surface area contributed by atoms with Crippen LogP contribution in [0.1, 0.15) is 122 Å². The van der Waals surface area contributed by atoms with Crippen LogP contribution in [-0.2, 0) is 42.9 Å². The van der Waals surface area contributed by atoms with E-state index in [9.17, 15) is 29.1 Å². The third-order valence-electron chi connectivity index (χ3n) is 7.42. The summed E-state index contributed by atoms with van der Waals surface area (Å²) < 4.78 is 21.4. The summed E-state index contributed by atoms with van der Waals surface area (Å²) >= 11 is 0. The molecule has 46 heavy (non-hydrogen) atoms. The number of ether oxygens (including phenoxy) is 4. The first-order valence-corrected chi connectivity index (χ1v) is 17.3. The number of carbonyl (C=O) groups is 5. The Morgan fingerprint density at radius 1 is 0.543 bits per heavy atom. The molecule has 0 saturated carbocycles. The highest BCUT2D eigenvalue weighted by molar-refractivity contribution is 5.84. The zero-order chi connectivity index (χ0) is 34.1. The van der Waals surface area contributed by atoms with Gasteiger partial charge in [-0.2, -0.15) is 0 Å². The van der Waals surface area contributed by atoms with Gasteiger partial charge < -0.3 is 34.5 Å². The molecule has 0 aliphatic carbocycles. The molecule has 0 aromatic rings. The molecule has 0 aromatic heterocycles. The van der Waals surface area contributed by atoms with E-state index in [1.807, 2.05) is 0 Å². The van der Waals surface area contributed by atoms with Gasteiger partial charge in [-0.15, -0.1) is 0 Å². The lowest BCUT2D eigenvalue weighted by Crippen LogP contribution is -2.29. The minimum atomic E-state index is -1.05. The molecular formula is C34H61NO11. The van der Waals surface area contributed by atoms with E-state index in [0.29, 0.717) is 72.2 Å². The van der Waals surface area contributed by atoms with Crippen molar-refractivity contribution in [2.45, 2.75) is 122 Å². The van der Waals surface area contributed by atoms with Gasteiger partial charge in [-0.05, 0) is 26.2 Å². The summed E-state index contributed by atoms with van der Waals surface area (Å²) in [6.45, 7) is 5.02. The summed E-state index contributed by atoms with van der Waals surface area (Å²) in [6.07, 6.45) is 13.9. The monoisotopic (exact) mass is 659 g/mol. The number of ketones is 2. The van der Waals surface area contributed by atoms with E-state index in [-0.39, 0.29) is 43.2 Å². The molecule has 268 valence electrons. The smallest absolute Gasteiger partial charge is 0.306 e. The van der Waals surface area contributed by atoms with Gasteiger partial charge in [0, 0.05) is 38.6 Å². The van der Waals surface area contributed by atoms with Crippen LogP contribution >= 0.6 is 0 Å². The van der Waals surface area contributed by atoms with Gasteiger partial charge in [0.05, 0.1) is 58.8 Å². The number of amides is 1. The van der Waals surface area contributed by atoms with Crippen molar-refractivity contribution >= 4 is 29.4 Å². The van der Waals surface area contributed by atoms with Gasteiger partial charge in [-0.1, -0.05) is 64.2 Å². The van der Waals surface area contributed by atoms with Gasteiger partial charge >= 0.3 is 11.9 Å². The van der Waals surface area contributed by atoms with Gasteiger partial charge in [0.1, 0.15) is 11.6 Å². The average Bonchev–Trinajstić information content (AvgIpc) is 3.00. The lowest BCUT2D eigenvalue weighted by atomic mass is 9.94. The quantitative estimate of drug-likeness (QED) is 0.0760. The molecule has 0 aliphatic heterocycles. The number of aliphatic carboxylic acids is 2. The van der Waals surface area contributed by atoms with Crippen LogP contribution in [0.15, 0.2) is 0 Å². The maximum atomic E-state index is 12.3. The lowest BCUT2D eigenvalue weighted by molar-refractivity contribution is -0.144. The molecule has 0 fully saturated rings. The van der Waals surface area contributed by atoms with Gasteiger partial charge in [0.2, 0.25) is 5.91 Å². The molecule has 0 radical (unpaired) electrons. The summed E-state index contributed by atoms with van der Waals surface area (Å²) in [4.78, 5) is 57.3. The molecule has 0 heterocycles.